The van der Waals surface area contributed by atoms with E-state index < -0.39 is 10.0 Å². The maximum absolute atomic E-state index is 12.8. The summed E-state index contributed by atoms with van der Waals surface area (Å²) in [6.45, 7) is 1.84. The number of carbonyl (C=O) groups excluding carboxylic acids is 1. The molecular formula is C23H32N2O3S. The van der Waals surface area contributed by atoms with E-state index in [2.05, 4.69) is 5.32 Å². The Morgan fingerprint density at radius 2 is 1.66 bits per heavy atom. The summed E-state index contributed by atoms with van der Waals surface area (Å²) in [6, 6.07) is 6.52. The van der Waals surface area contributed by atoms with Crippen LogP contribution >= 0.6 is 0 Å². The van der Waals surface area contributed by atoms with Crippen molar-refractivity contribution in [2.75, 3.05) is 19.6 Å². The lowest BCUT2D eigenvalue weighted by molar-refractivity contribution is -0.0564. The number of nitrogens with zero attached hydrogens (tertiary/aromatic N) is 1. The van der Waals surface area contributed by atoms with E-state index in [4.69, 9.17) is 0 Å². The molecule has 1 aromatic rings. The summed E-state index contributed by atoms with van der Waals surface area (Å²) in [5.41, 5.74) is 0.888. The topological polar surface area (TPSA) is 66.5 Å². The Morgan fingerprint density at radius 1 is 1.03 bits per heavy atom. The molecule has 6 rings (SSSR count). The first kappa shape index (κ1) is 19.6. The molecule has 1 heterocycles. The van der Waals surface area contributed by atoms with Gasteiger partial charge < -0.3 is 5.32 Å². The fourth-order valence-electron chi connectivity index (χ4n) is 7.01. The zero-order valence-corrected chi connectivity index (χ0v) is 17.9. The van der Waals surface area contributed by atoms with E-state index in [0.717, 1.165) is 37.0 Å². The van der Waals surface area contributed by atoms with Crippen LogP contribution in [0.3, 0.4) is 0 Å². The highest BCUT2D eigenvalue weighted by Crippen LogP contribution is 2.61. The molecule has 4 bridgehead atoms. The molecule has 4 aliphatic carbocycles. The van der Waals surface area contributed by atoms with Crippen molar-refractivity contribution < 1.29 is 13.2 Å². The third-order valence-corrected chi connectivity index (χ3v) is 9.80. The number of hydrogen-bond donors (Lipinski definition) is 1. The first-order chi connectivity index (χ1) is 13.9. The minimum atomic E-state index is -3.49. The molecule has 0 aromatic heterocycles. The highest BCUT2D eigenvalue weighted by Gasteiger charge is 2.50. The van der Waals surface area contributed by atoms with Crippen molar-refractivity contribution in [3.05, 3.63) is 29.8 Å². The van der Waals surface area contributed by atoms with Crippen LogP contribution in [-0.2, 0) is 10.0 Å². The molecule has 29 heavy (non-hydrogen) atoms. The summed E-state index contributed by atoms with van der Waals surface area (Å²) >= 11 is 0. The number of benzene rings is 1. The summed E-state index contributed by atoms with van der Waals surface area (Å²) in [5, 5.41) is 3.07. The second kappa shape index (κ2) is 7.38. The van der Waals surface area contributed by atoms with E-state index in [0.29, 0.717) is 30.6 Å². The van der Waals surface area contributed by atoms with Crippen molar-refractivity contribution in [2.24, 2.45) is 23.2 Å². The van der Waals surface area contributed by atoms with Gasteiger partial charge in [0, 0.05) is 25.2 Å². The molecule has 4 saturated carbocycles. The highest BCUT2D eigenvalue weighted by atomic mass is 32.2. The summed E-state index contributed by atoms with van der Waals surface area (Å²) in [6.07, 6.45) is 11.2. The number of nitrogens with one attached hydrogen (secondary N) is 1. The predicted octanol–water partition coefficient (Wildman–Crippen LogP) is 3.81. The maximum atomic E-state index is 12.8. The molecule has 6 heteroatoms. The molecule has 5 fully saturated rings. The lowest BCUT2D eigenvalue weighted by atomic mass is 9.49. The molecule has 1 saturated heterocycles. The van der Waals surface area contributed by atoms with Crippen LogP contribution in [0, 0.1) is 23.2 Å². The smallest absolute Gasteiger partial charge is 0.251 e. The average Bonchev–Trinajstić information content (AvgIpc) is 3.22. The van der Waals surface area contributed by atoms with Gasteiger partial charge in [-0.25, -0.2) is 8.42 Å². The van der Waals surface area contributed by atoms with Crippen LogP contribution in [0.25, 0.3) is 0 Å². The van der Waals surface area contributed by atoms with Gasteiger partial charge in [-0.2, -0.15) is 4.31 Å². The van der Waals surface area contributed by atoms with Gasteiger partial charge in [-0.15, -0.1) is 0 Å². The van der Waals surface area contributed by atoms with Gasteiger partial charge >= 0.3 is 0 Å². The lowest BCUT2D eigenvalue weighted by Crippen LogP contribution is -2.47. The van der Waals surface area contributed by atoms with Gasteiger partial charge in [0.05, 0.1) is 4.90 Å². The Bertz CT molecular complexity index is 854. The fourth-order valence-corrected chi connectivity index (χ4v) is 8.58. The number of carbonyl (C=O) groups is 1. The van der Waals surface area contributed by atoms with E-state index in [1.165, 1.54) is 48.9 Å². The minimum absolute atomic E-state index is 0.159. The number of amides is 1. The molecule has 158 valence electrons. The van der Waals surface area contributed by atoms with E-state index >= 15 is 0 Å². The van der Waals surface area contributed by atoms with Crippen LogP contribution in [0.15, 0.2) is 29.2 Å². The Morgan fingerprint density at radius 3 is 2.28 bits per heavy atom. The maximum Gasteiger partial charge on any atom is 0.251 e. The molecule has 1 aromatic carbocycles. The number of hydrogen-bond acceptors (Lipinski definition) is 3. The van der Waals surface area contributed by atoms with Gasteiger partial charge in [-0.3, -0.25) is 4.79 Å². The summed E-state index contributed by atoms with van der Waals surface area (Å²) in [7, 11) is -3.49. The molecule has 1 amide bonds. The van der Waals surface area contributed by atoms with E-state index in [1.807, 2.05) is 0 Å². The van der Waals surface area contributed by atoms with Gasteiger partial charge in [0.15, 0.2) is 0 Å². The van der Waals surface area contributed by atoms with Crippen LogP contribution in [0.5, 0.6) is 0 Å². The van der Waals surface area contributed by atoms with Gasteiger partial charge in [0.2, 0.25) is 10.0 Å². The molecular weight excluding hydrogens is 384 g/mol. The molecule has 1 aliphatic heterocycles. The zero-order valence-electron chi connectivity index (χ0n) is 17.1. The highest BCUT2D eigenvalue weighted by molar-refractivity contribution is 7.89. The summed E-state index contributed by atoms with van der Waals surface area (Å²) in [4.78, 5) is 12.9. The third-order valence-electron chi connectivity index (χ3n) is 7.90. The quantitative estimate of drug-likeness (QED) is 0.767. The largest absolute Gasteiger partial charge is 0.352 e. The molecule has 1 N–H and O–H groups in total. The second-order valence-electron chi connectivity index (χ2n) is 10.1. The molecule has 0 atom stereocenters. The van der Waals surface area contributed by atoms with E-state index in [9.17, 15) is 13.2 Å². The molecule has 0 unspecified atom stereocenters. The molecule has 5 aliphatic rings. The standard InChI is InChI=1S/C23H32N2O3S/c26-22(20-4-3-5-21(13-20)29(27,28)25-8-1-2-9-25)24-7-6-23-14-17-10-18(15-23)12-19(11-17)16-23/h3-5,13,17-19H,1-2,6-12,14-16H2,(H,24,26). The van der Waals surface area contributed by atoms with Gasteiger partial charge in [-0.1, -0.05) is 6.07 Å². The fraction of sp³-hybridized carbons (Fsp3) is 0.696. The van der Waals surface area contributed by atoms with Gasteiger partial charge in [0.1, 0.15) is 0 Å². The predicted molar refractivity (Wildman–Crippen MR) is 112 cm³/mol. The summed E-state index contributed by atoms with van der Waals surface area (Å²) < 4.78 is 27.1. The minimum Gasteiger partial charge on any atom is -0.352 e. The van der Waals surface area contributed by atoms with Crippen molar-refractivity contribution in [2.45, 2.75) is 62.7 Å². The monoisotopic (exact) mass is 416 g/mol. The van der Waals surface area contributed by atoms with Crippen molar-refractivity contribution >= 4 is 15.9 Å². The second-order valence-corrected chi connectivity index (χ2v) is 12.0. The SMILES string of the molecule is O=C(NCCC12CC3CC(CC(C3)C1)C2)c1cccc(S(=O)(=O)N2CCCC2)c1. The summed E-state index contributed by atoms with van der Waals surface area (Å²) in [5.74, 6) is 2.60. The molecule has 5 nitrogen and oxygen atoms in total. The number of sulfonamides is 1. The Balaban J connectivity index is 1.22. The van der Waals surface area contributed by atoms with Crippen molar-refractivity contribution in [1.29, 1.82) is 0 Å². The lowest BCUT2D eigenvalue weighted by Gasteiger charge is -2.57. The van der Waals surface area contributed by atoms with Crippen LogP contribution in [0.4, 0.5) is 0 Å². The Kier molecular flexibility index (Phi) is 4.98. The van der Waals surface area contributed by atoms with Crippen molar-refractivity contribution in [3.63, 3.8) is 0 Å². The Labute approximate surface area is 174 Å². The third kappa shape index (κ3) is 3.74. The average molecular weight is 417 g/mol. The normalized spacial score (nSPS) is 33.9. The van der Waals surface area contributed by atoms with Gasteiger partial charge in [-0.05, 0) is 99.2 Å². The van der Waals surface area contributed by atoms with Gasteiger partial charge in [0.25, 0.3) is 5.91 Å². The molecule has 0 spiro atoms. The van der Waals surface area contributed by atoms with E-state index in [-0.39, 0.29) is 10.8 Å². The van der Waals surface area contributed by atoms with Crippen LogP contribution in [-0.4, -0.2) is 38.3 Å². The first-order valence-electron chi connectivity index (χ1n) is 11.3. The van der Waals surface area contributed by atoms with Crippen molar-refractivity contribution in [1.82, 2.24) is 9.62 Å². The van der Waals surface area contributed by atoms with Crippen LogP contribution < -0.4 is 5.32 Å². The van der Waals surface area contributed by atoms with E-state index in [1.54, 1.807) is 18.2 Å². The van der Waals surface area contributed by atoms with Crippen molar-refractivity contribution in [3.8, 4) is 0 Å². The number of rotatable bonds is 6. The molecule has 0 radical (unpaired) electrons. The first-order valence-corrected chi connectivity index (χ1v) is 12.8. The zero-order chi connectivity index (χ0) is 20.1. The van der Waals surface area contributed by atoms with Crippen LogP contribution in [0.2, 0.25) is 0 Å². The van der Waals surface area contributed by atoms with Crippen LogP contribution in [0.1, 0.15) is 68.1 Å². The Hall–Kier alpha value is -1.40.